The Morgan fingerprint density at radius 2 is 1.85 bits per heavy atom. The lowest BCUT2D eigenvalue weighted by molar-refractivity contribution is 0.174. The minimum atomic E-state index is -0.414. The van der Waals surface area contributed by atoms with Gasteiger partial charge in [-0.15, -0.1) is 0 Å². The number of isocyanates is 1. The van der Waals surface area contributed by atoms with E-state index < -0.39 is 5.54 Å². The molecule has 0 bridgehead atoms. The van der Waals surface area contributed by atoms with E-state index in [-0.39, 0.29) is 6.79 Å². The highest BCUT2D eigenvalue weighted by Crippen LogP contribution is 2.48. The van der Waals surface area contributed by atoms with Gasteiger partial charge in [0.1, 0.15) is 0 Å². The van der Waals surface area contributed by atoms with E-state index in [1.54, 1.807) is 6.08 Å². The van der Waals surface area contributed by atoms with Gasteiger partial charge < -0.3 is 9.47 Å². The number of aliphatic imine (C=N–C) groups is 1. The van der Waals surface area contributed by atoms with Gasteiger partial charge in [0.25, 0.3) is 0 Å². The Morgan fingerprint density at radius 3 is 2.45 bits per heavy atom. The summed E-state index contributed by atoms with van der Waals surface area (Å²) in [5.41, 5.74) is 1.88. The van der Waals surface area contributed by atoms with Gasteiger partial charge in [-0.3, -0.25) is 0 Å². The number of benzene rings is 1. The van der Waals surface area contributed by atoms with Crippen LogP contribution in [-0.4, -0.2) is 12.9 Å². The molecule has 1 aromatic carbocycles. The molecule has 0 amide bonds. The van der Waals surface area contributed by atoms with Crippen LogP contribution in [0, 0.1) is 0 Å². The van der Waals surface area contributed by atoms with Crippen LogP contribution in [-0.2, 0) is 10.3 Å². The van der Waals surface area contributed by atoms with Crippen LogP contribution >= 0.6 is 0 Å². The van der Waals surface area contributed by atoms with Crippen molar-refractivity contribution in [2.75, 3.05) is 6.79 Å². The van der Waals surface area contributed by atoms with Crippen molar-refractivity contribution in [3.8, 4) is 11.5 Å². The molecule has 4 heteroatoms. The molecule has 1 heterocycles. The van der Waals surface area contributed by atoms with Gasteiger partial charge in [0.2, 0.25) is 12.9 Å². The fraction of sp³-hybridized carbons (Fsp3) is 0.562. The zero-order valence-corrected chi connectivity index (χ0v) is 11.9. The van der Waals surface area contributed by atoms with Crippen molar-refractivity contribution in [3.05, 3.63) is 23.3 Å². The fourth-order valence-corrected chi connectivity index (χ4v) is 3.33. The molecule has 4 nitrogen and oxygen atoms in total. The van der Waals surface area contributed by atoms with Crippen LogP contribution < -0.4 is 9.47 Å². The van der Waals surface area contributed by atoms with E-state index in [4.69, 9.17) is 9.47 Å². The number of ether oxygens (including phenoxy) is 2. The van der Waals surface area contributed by atoms with E-state index in [0.717, 1.165) is 42.7 Å². The van der Waals surface area contributed by atoms with E-state index in [1.165, 1.54) is 5.56 Å². The third-order valence-corrected chi connectivity index (χ3v) is 4.36. The zero-order valence-electron chi connectivity index (χ0n) is 11.9. The average Bonchev–Trinajstić information content (AvgIpc) is 3.06. The first-order valence-corrected chi connectivity index (χ1v) is 7.19. The molecule has 0 aromatic heterocycles. The highest BCUT2D eigenvalue weighted by atomic mass is 16.7. The Hall–Kier alpha value is -1.80. The van der Waals surface area contributed by atoms with Crippen LogP contribution in [0.4, 0.5) is 0 Å². The van der Waals surface area contributed by atoms with Crippen molar-refractivity contribution in [1.82, 2.24) is 0 Å². The third kappa shape index (κ3) is 2.01. The largest absolute Gasteiger partial charge is 0.454 e. The second-order valence-electron chi connectivity index (χ2n) is 5.89. The van der Waals surface area contributed by atoms with Gasteiger partial charge in [0, 0.05) is 0 Å². The van der Waals surface area contributed by atoms with Gasteiger partial charge >= 0.3 is 0 Å². The van der Waals surface area contributed by atoms with Crippen LogP contribution in [0.15, 0.2) is 17.1 Å². The van der Waals surface area contributed by atoms with Crippen molar-refractivity contribution in [2.45, 2.75) is 51.0 Å². The molecule has 1 aliphatic heterocycles. The maximum absolute atomic E-state index is 10.9. The predicted octanol–water partition coefficient (Wildman–Crippen LogP) is 3.64. The Morgan fingerprint density at radius 1 is 1.20 bits per heavy atom. The van der Waals surface area contributed by atoms with Gasteiger partial charge in [0.05, 0.1) is 5.54 Å². The molecule has 0 saturated heterocycles. The molecule has 106 valence electrons. The minimum absolute atomic E-state index is 0.264. The Labute approximate surface area is 118 Å². The molecule has 0 spiro atoms. The molecule has 0 atom stereocenters. The van der Waals surface area contributed by atoms with Gasteiger partial charge in [-0.2, -0.15) is 4.99 Å². The van der Waals surface area contributed by atoms with Gasteiger partial charge in [-0.05, 0) is 42.0 Å². The molecule has 1 fully saturated rings. The maximum Gasteiger partial charge on any atom is 0.235 e. The molecule has 1 aliphatic carbocycles. The van der Waals surface area contributed by atoms with E-state index in [2.05, 4.69) is 18.8 Å². The van der Waals surface area contributed by atoms with Crippen molar-refractivity contribution in [3.63, 3.8) is 0 Å². The molecule has 3 rings (SSSR count). The van der Waals surface area contributed by atoms with Crippen LogP contribution in [0.3, 0.4) is 0 Å². The van der Waals surface area contributed by atoms with Crippen LogP contribution in [0.2, 0.25) is 0 Å². The Bertz CT molecular complexity index is 567. The molecule has 2 aliphatic rings. The Kier molecular flexibility index (Phi) is 3.27. The summed E-state index contributed by atoms with van der Waals surface area (Å²) in [5.74, 6) is 1.90. The Balaban J connectivity index is 2.18. The van der Waals surface area contributed by atoms with Gasteiger partial charge in [-0.25, -0.2) is 4.79 Å². The number of nitrogens with zero attached hydrogens (tertiary/aromatic N) is 1. The molecule has 0 unspecified atom stereocenters. The smallest absolute Gasteiger partial charge is 0.235 e. The summed E-state index contributed by atoms with van der Waals surface area (Å²) in [6.45, 7) is 4.56. The van der Waals surface area contributed by atoms with Crippen molar-refractivity contribution in [1.29, 1.82) is 0 Å². The van der Waals surface area contributed by atoms with Crippen molar-refractivity contribution >= 4 is 6.08 Å². The summed E-state index contributed by atoms with van der Waals surface area (Å²) in [5, 5.41) is 0. The summed E-state index contributed by atoms with van der Waals surface area (Å²) in [6, 6.07) is 4.06. The fourth-order valence-electron chi connectivity index (χ4n) is 3.33. The van der Waals surface area contributed by atoms with Gasteiger partial charge in [0.15, 0.2) is 11.5 Å². The quantitative estimate of drug-likeness (QED) is 0.624. The van der Waals surface area contributed by atoms with Crippen LogP contribution in [0.5, 0.6) is 11.5 Å². The molecule has 20 heavy (non-hydrogen) atoms. The number of hydrogen-bond donors (Lipinski definition) is 0. The third-order valence-electron chi connectivity index (χ3n) is 4.36. The summed E-state index contributed by atoms with van der Waals surface area (Å²) in [6.07, 6.45) is 5.78. The second kappa shape index (κ2) is 4.95. The molecular weight excluding hydrogens is 254 g/mol. The second-order valence-corrected chi connectivity index (χ2v) is 5.89. The van der Waals surface area contributed by atoms with Crippen LogP contribution in [0.25, 0.3) is 0 Å². The van der Waals surface area contributed by atoms with Crippen molar-refractivity contribution < 1.29 is 14.3 Å². The monoisotopic (exact) mass is 273 g/mol. The summed E-state index contributed by atoms with van der Waals surface area (Å²) in [7, 11) is 0. The first kappa shape index (κ1) is 13.2. The number of rotatable bonds is 3. The minimum Gasteiger partial charge on any atom is -0.454 e. The van der Waals surface area contributed by atoms with E-state index in [9.17, 15) is 4.79 Å². The standard InChI is InChI=1S/C16H19NO3/c1-11(2)12-7-14-15(20-10-19-14)8-13(12)16(17-9-18)5-3-4-6-16/h7-8,11H,3-6,10H2,1-2H3. The predicted molar refractivity (Wildman–Crippen MR) is 74.9 cm³/mol. The van der Waals surface area contributed by atoms with E-state index in [1.807, 2.05) is 12.1 Å². The molecular formula is C16H19NO3. The number of hydrogen-bond acceptors (Lipinski definition) is 4. The first-order chi connectivity index (χ1) is 9.66. The molecule has 1 saturated carbocycles. The zero-order chi connectivity index (χ0) is 14.2. The van der Waals surface area contributed by atoms with Crippen LogP contribution in [0.1, 0.15) is 56.6 Å². The normalized spacial score (nSPS) is 19.1. The SMILES string of the molecule is CC(C)c1cc2c(cc1C1(N=C=O)CCCC1)OCO2. The lowest BCUT2D eigenvalue weighted by Crippen LogP contribution is -2.21. The van der Waals surface area contributed by atoms with E-state index >= 15 is 0 Å². The summed E-state index contributed by atoms with van der Waals surface area (Å²) in [4.78, 5) is 15.1. The highest BCUT2D eigenvalue weighted by Gasteiger charge is 2.39. The lowest BCUT2D eigenvalue weighted by Gasteiger charge is -2.27. The van der Waals surface area contributed by atoms with Crippen molar-refractivity contribution in [2.24, 2.45) is 4.99 Å². The topological polar surface area (TPSA) is 47.9 Å². The summed E-state index contributed by atoms with van der Waals surface area (Å²) < 4.78 is 11.0. The number of fused-ring (bicyclic) bond motifs is 1. The number of carbonyl (C=O) groups excluding carboxylic acids is 1. The molecule has 1 aromatic rings. The molecule has 0 N–H and O–H groups in total. The summed E-state index contributed by atoms with van der Waals surface area (Å²) >= 11 is 0. The highest BCUT2D eigenvalue weighted by molar-refractivity contribution is 5.53. The average molecular weight is 273 g/mol. The lowest BCUT2D eigenvalue weighted by atomic mass is 9.82. The maximum atomic E-state index is 10.9. The molecule has 0 radical (unpaired) electrons. The first-order valence-electron chi connectivity index (χ1n) is 7.19. The van der Waals surface area contributed by atoms with E-state index in [0.29, 0.717) is 5.92 Å². The van der Waals surface area contributed by atoms with Gasteiger partial charge in [-0.1, -0.05) is 26.7 Å².